The Bertz CT molecular complexity index is 7450. The monoisotopic (exact) mass is 1970 g/mol. The van der Waals surface area contributed by atoms with Gasteiger partial charge < -0.3 is 78.1 Å². The molecule has 0 saturated carbocycles. The smallest absolute Gasteiger partial charge is 0.335 e. The molecule has 30 nitrogen and oxygen atoms in total. The number of esters is 2. The second-order valence-corrected chi connectivity index (χ2v) is 36.4. The van der Waals surface area contributed by atoms with E-state index in [0.29, 0.717) is 130 Å². The van der Waals surface area contributed by atoms with Gasteiger partial charge in [0.15, 0.2) is 23.0 Å². The van der Waals surface area contributed by atoms with Crippen LogP contribution in [0.5, 0.6) is 69.0 Å². The Morgan fingerprint density at radius 1 is 0.291 bits per heavy atom. The van der Waals surface area contributed by atoms with Gasteiger partial charge in [-0.2, -0.15) is 0 Å². The zero-order chi connectivity index (χ0) is 101. The number of fused-ring (bicyclic) bond motifs is 2. The van der Waals surface area contributed by atoms with Gasteiger partial charge in [-0.15, -0.1) is 0 Å². The van der Waals surface area contributed by atoms with E-state index < -0.39 is 47.7 Å². The highest BCUT2D eigenvalue weighted by Gasteiger charge is 2.48. The number of amides is 8. The molecule has 30 heteroatoms. The number of benzene rings is 15. The van der Waals surface area contributed by atoms with Crippen LogP contribution in [-0.4, -0.2) is 182 Å². The lowest BCUT2D eigenvalue weighted by atomic mass is 9.80. The Balaban J connectivity index is 0.825. The number of rotatable bonds is 36. The lowest BCUT2D eigenvalue weighted by Crippen LogP contribution is -2.53. The predicted octanol–water partition coefficient (Wildman–Crippen LogP) is 18.5. The fourth-order valence-corrected chi connectivity index (χ4v) is 19.0. The van der Waals surface area contributed by atoms with Crippen LogP contribution in [0.2, 0.25) is 0 Å². The van der Waals surface area contributed by atoms with E-state index in [1.165, 1.54) is 75.4 Å². The minimum absolute atomic E-state index is 0.0348. The Hall–Kier alpha value is -18.4. The molecule has 17 aromatic rings. The van der Waals surface area contributed by atoms with Crippen LogP contribution in [0.3, 0.4) is 0 Å². The van der Waals surface area contributed by atoms with Crippen molar-refractivity contribution in [1.82, 2.24) is 41.0 Å². The molecule has 6 aliphatic heterocycles. The Morgan fingerprint density at radius 3 is 0.784 bits per heavy atom. The van der Waals surface area contributed by atoms with Gasteiger partial charge in [0, 0.05) is 129 Å². The number of imide groups is 2. The normalized spacial score (nSPS) is 16.0. The molecule has 732 valence electrons. The quantitative estimate of drug-likeness (QED) is 0.00707. The number of aromatic nitrogens is 2. The van der Waals surface area contributed by atoms with E-state index in [4.69, 9.17) is 56.8 Å². The Morgan fingerprint density at radius 2 is 0.534 bits per heavy atom. The van der Waals surface area contributed by atoms with Crippen LogP contribution in [0.1, 0.15) is 94.0 Å². The topological polar surface area (TPSA) is 375 Å². The van der Waals surface area contributed by atoms with Crippen LogP contribution in [-0.2, 0) is 41.4 Å². The van der Waals surface area contributed by atoms with E-state index in [2.05, 4.69) is 31.2 Å². The molecule has 0 aliphatic carbocycles. The summed E-state index contributed by atoms with van der Waals surface area (Å²) in [4.78, 5) is 168. The lowest BCUT2D eigenvalue weighted by Gasteiger charge is -2.35. The lowest BCUT2D eigenvalue weighted by molar-refractivity contribution is -0.139. The minimum Gasteiger partial charge on any atom is -0.493 e. The molecule has 6 atom stereocenters. The summed E-state index contributed by atoms with van der Waals surface area (Å²) in [5.74, 6) is -7.59. The van der Waals surface area contributed by atoms with Gasteiger partial charge in [0.05, 0.1) is 87.3 Å². The number of methoxy groups -OCH3 is 2. The van der Waals surface area contributed by atoms with Crippen LogP contribution in [0.25, 0.3) is 87.6 Å². The van der Waals surface area contributed by atoms with Crippen LogP contribution in [0, 0.1) is 0 Å². The molecule has 0 spiro atoms. The van der Waals surface area contributed by atoms with Crippen molar-refractivity contribution >= 4 is 102 Å². The molecule has 2 aromatic heterocycles. The minimum atomic E-state index is -1.81. The van der Waals surface area contributed by atoms with Gasteiger partial charge in [0.2, 0.25) is 0 Å². The summed E-state index contributed by atoms with van der Waals surface area (Å²) in [5, 5.41) is 12.0. The standard InChI is InChI=1S/C118H88N8O22/c1-137-93-31-3-5-33-95(93)147-117(135)91(43-65-35-39-119-40-36-65)125-113(131)87-53-97(143-79-27-11-19-71(49-79)67-15-7-23-75(45-67)109(127)121-57-83-61-139-83)103-105-99(145-81-29-13-21-73(51-81)69-17-9-25-77(47-69)111(129)123-59-85-63-141-85)55-89-102-90(116(134)126(115(89)133)92(44-66-37-41-120-42-38-66)118(136)148-96-34-6-4-32-94(96)138-2)56-100(146-82-30-14-22-74(52-82)70-18-10-26-78(48-70)112(130)124-60-86-64-142-86)106(108(102)105)104-98(54-88(114(125)132)101(87)107(103)104)144-80-28-12-20-72(50-80)68-16-8-24-76(46-68)110(128)122-58-84-62-140-84/h3-42,45-56,83-86,91-92H,43-44,57-64H2,1-2H3,(H,121,127)(H,122,128)(H,123,129)(H,124,130). The molecule has 15 aromatic carbocycles. The molecular weight excluding hydrogens is 1880 g/mol. The second-order valence-electron chi connectivity index (χ2n) is 36.4. The number of para-hydroxylation sites is 4. The summed E-state index contributed by atoms with van der Waals surface area (Å²) in [5.41, 5.74) is 5.83. The molecule has 6 aliphatic rings. The van der Waals surface area contributed by atoms with Gasteiger partial charge in [0.25, 0.3) is 47.3 Å². The highest BCUT2D eigenvalue weighted by atomic mass is 16.6. The molecule has 0 bridgehead atoms. The number of nitrogens with zero attached hydrogens (tertiary/aromatic N) is 4. The largest absolute Gasteiger partial charge is 0.493 e. The van der Waals surface area contributed by atoms with Crippen molar-refractivity contribution < 1.29 is 105 Å². The van der Waals surface area contributed by atoms with Crippen LogP contribution < -0.4 is 59.2 Å². The zero-order valence-electron chi connectivity index (χ0n) is 79.3. The van der Waals surface area contributed by atoms with Crippen molar-refractivity contribution in [2.45, 2.75) is 49.3 Å². The highest BCUT2D eigenvalue weighted by Crippen LogP contribution is 2.59. The van der Waals surface area contributed by atoms with Crippen molar-refractivity contribution in [2.24, 2.45) is 0 Å². The third-order valence-electron chi connectivity index (χ3n) is 26.7. The number of nitrogens with one attached hydrogen (secondary N) is 4. The van der Waals surface area contributed by atoms with E-state index in [1.807, 2.05) is 48.5 Å². The first-order valence-corrected chi connectivity index (χ1v) is 48.1. The Kier molecular flexibility index (Phi) is 25.1. The molecule has 6 unspecified atom stereocenters. The molecule has 4 saturated heterocycles. The van der Waals surface area contributed by atoms with Gasteiger partial charge in [-0.05, 0) is 225 Å². The first-order chi connectivity index (χ1) is 72.3. The molecule has 148 heavy (non-hydrogen) atoms. The average molecular weight is 1970 g/mol. The van der Waals surface area contributed by atoms with E-state index in [9.17, 15) is 19.2 Å². The van der Waals surface area contributed by atoms with E-state index >= 15 is 28.8 Å². The maximum absolute atomic E-state index is 17.4. The van der Waals surface area contributed by atoms with Crippen molar-refractivity contribution in [3.05, 3.63) is 372 Å². The van der Waals surface area contributed by atoms with E-state index in [0.717, 1.165) is 9.80 Å². The molecule has 8 amide bonds. The summed E-state index contributed by atoms with van der Waals surface area (Å²) < 4.78 is 76.6. The van der Waals surface area contributed by atoms with Crippen molar-refractivity contribution in [1.29, 1.82) is 0 Å². The molecule has 8 heterocycles. The van der Waals surface area contributed by atoms with Gasteiger partial charge in [0.1, 0.15) is 58.1 Å². The first kappa shape index (κ1) is 93.3. The summed E-state index contributed by atoms with van der Waals surface area (Å²) in [6, 6.07) is 77.5. The first-order valence-electron chi connectivity index (χ1n) is 48.1. The van der Waals surface area contributed by atoms with Crippen LogP contribution >= 0.6 is 0 Å². The Labute approximate surface area is 844 Å². The number of ether oxygens (including phenoxy) is 12. The molecule has 4 N–H and O–H groups in total. The maximum atomic E-state index is 17.4. The molecule has 23 rings (SSSR count). The summed E-state index contributed by atoms with van der Waals surface area (Å²) in [6.45, 7) is 3.21. The van der Waals surface area contributed by atoms with Gasteiger partial charge in [-0.1, -0.05) is 121 Å². The predicted molar refractivity (Wildman–Crippen MR) is 545 cm³/mol. The van der Waals surface area contributed by atoms with Crippen molar-refractivity contribution in [3.8, 4) is 114 Å². The molecule has 0 radical (unpaired) electrons. The fourth-order valence-electron chi connectivity index (χ4n) is 19.0. The number of hydrogen-bond acceptors (Lipinski definition) is 24. The number of carbonyl (C=O) groups excluding carboxylic acids is 10. The fraction of sp³-hybridized carbons (Fsp3) is 0.153. The van der Waals surface area contributed by atoms with E-state index in [-0.39, 0.29) is 195 Å². The number of carbonyl (C=O) groups is 10. The summed E-state index contributed by atoms with van der Waals surface area (Å²) in [6.07, 6.45) is 4.88. The SMILES string of the molecule is COc1ccccc1OC(=O)C(Cc1ccncc1)N1C(=O)c2cc(Oc3cccc(-c4cccc(C(=O)NCC5CO5)c4)c3)c3c4c(Oc5cccc(-c6cccc(C(=O)NCC7CO7)c6)c5)cc5c6c(cc(Oc7cccc(-c8cccc(C(=O)NCC9CO9)c8)c7)c(c7c(Oc8cccc(-c9cccc(C(=O)NCC%10CO%10)c9)c8)cc(c2c37)C1=O)c64)C(=O)N(C(Cc1ccncc1)C(=O)Oc1ccccc1OC)C5=O. The summed E-state index contributed by atoms with van der Waals surface area (Å²) in [7, 11) is 2.80. The average Bonchev–Trinajstić information content (AvgIpc) is 0.938. The number of pyridine rings is 2. The molecular formula is C118H88N8O22. The molecule has 4 fully saturated rings. The van der Waals surface area contributed by atoms with Gasteiger partial charge in [-0.25, -0.2) is 9.59 Å². The van der Waals surface area contributed by atoms with Crippen LogP contribution in [0.4, 0.5) is 0 Å². The number of hydrogen-bond donors (Lipinski definition) is 4. The summed E-state index contributed by atoms with van der Waals surface area (Å²) >= 11 is 0. The third kappa shape index (κ3) is 19.1. The highest BCUT2D eigenvalue weighted by molar-refractivity contribution is 6.45. The van der Waals surface area contributed by atoms with Crippen LogP contribution in [0.15, 0.2) is 316 Å². The van der Waals surface area contributed by atoms with Crippen molar-refractivity contribution in [2.75, 3.05) is 66.8 Å². The van der Waals surface area contributed by atoms with Crippen molar-refractivity contribution in [3.63, 3.8) is 0 Å². The van der Waals surface area contributed by atoms with Gasteiger partial charge in [-0.3, -0.25) is 58.1 Å². The second kappa shape index (κ2) is 39.7. The zero-order valence-corrected chi connectivity index (χ0v) is 79.3. The maximum Gasteiger partial charge on any atom is 0.335 e. The van der Waals surface area contributed by atoms with E-state index in [1.54, 1.807) is 206 Å². The third-order valence-corrected chi connectivity index (χ3v) is 26.7. The number of epoxide rings is 4. The van der Waals surface area contributed by atoms with Gasteiger partial charge >= 0.3 is 11.9 Å².